The number of aromatic nitrogens is 2. The number of nitrogens with zero attached hydrogens (tertiary/aromatic N) is 3. The highest BCUT2D eigenvalue weighted by Crippen LogP contribution is 2.40. The number of hydrogen-bond donors (Lipinski definition) is 2. The minimum Gasteiger partial charge on any atom is -0.477 e. The van der Waals surface area contributed by atoms with Crippen molar-refractivity contribution in [3.63, 3.8) is 0 Å². The molecule has 0 unspecified atom stereocenters. The zero-order valence-electron chi connectivity index (χ0n) is 7.26. The van der Waals surface area contributed by atoms with Crippen LogP contribution in [-0.4, -0.2) is 27.4 Å². The minimum atomic E-state index is -0.971. The zero-order valence-corrected chi connectivity index (χ0v) is 8.08. The van der Waals surface area contributed by atoms with E-state index >= 15 is 0 Å². The van der Waals surface area contributed by atoms with Gasteiger partial charge in [-0.3, -0.25) is 0 Å². The van der Waals surface area contributed by atoms with Gasteiger partial charge in [-0.2, -0.15) is 0 Å². The van der Waals surface area contributed by atoms with Gasteiger partial charge in [0.05, 0.1) is 17.4 Å². The average Bonchev–Trinajstić information content (AvgIpc) is 2.61. The Labute approximate surface area is 87.3 Å². The number of carboxylic acid groups (broad SMARTS) is 1. The van der Waals surface area contributed by atoms with E-state index in [4.69, 9.17) is 5.11 Å². The van der Waals surface area contributed by atoms with Gasteiger partial charge in [-0.15, -0.1) is 11.3 Å². The van der Waals surface area contributed by atoms with Gasteiger partial charge in [0.25, 0.3) is 0 Å². The standard InChI is InChI=1S/C8H4N4O2S/c13-8(14)5-4-3-6(10-1-9-4)11-2-12-7(3)15-5/h1-2H,(H,13,14)(H,9,10,11,12). The predicted octanol–water partition coefficient (Wildman–Crippen LogP) is 1.47. The molecule has 0 aromatic carbocycles. The van der Waals surface area contributed by atoms with Crippen molar-refractivity contribution in [1.29, 1.82) is 0 Å². The van der Waals surface area contributed by atoms with Crippen LogP contribution in [0.4, 0.5) is 11.5 Å². The molecule has 7 heteroatoms. The first-order valence-corrected chi connectivity index (χ1v) is 4.89. The largest absolute Gasteiger partial charge is 0.477 e. The number of carbonyl (C=O) groups is 1. The van der Waals surface area contributed by atoms with Crippen molar-refractivity contribution in [3.05, 3.63) is 11.2 Å². The van der Waals surface area contributed by atoms with E-state index in [9.17, 15) is 4.79 Å². The van der Waals surface area contributed by atoms with Crippen molar-refractivity contribution < 1.29 is 9.90 Å². The van der Waals surface area contributed by atoms with Crippen molar-refractivity contribution in [2.45, 2.75) is 0 Å². The molecule has 0 radical (unpaired) electrons. The van der Waals surface area contributed by atoms with Gasteiger partial charge in [0, 0.05) is 0 Å². The summed E-state index contributed by atoms with van der Waals surface area (Å²) in [5, 5.41) is 12.5. The summed E-state index contributed by atoms with van der Waals surface area (Å²) in [7, 11) is 0. The maximum atomic E-state index is 11.0. The first-order valence-electron chi connectivity index (χ1n) is 4.07. The number of carboxylic acids is 1. The Bertz CT molecular complexity index is 604. The highest BCUT2D eigenvalue weighted by Gasteiger charge is 2.22. The van der Waals surface area contributed by atoms with Crippen molar-refractivity contribution in [2.24, 2.45) is 4.99 Å². The first kappa shape index (κ1) is 8.30. The Balaban J connectivity index is 2.47. The van der Waals surface area contributed by atoms with Gasteiger partial charge < -0.3 is 10.4 Å². The number of rotatable bonds is 1. The molecule has 6 nitrogen and oxygen atoms in total. The van der Waals surface area contributed by atoms with E-state index in [0.717, 1.165) is 11.3 Å². The summed E-state index contributed by atoms with van der Waals surface area (Å²) in [6.07, 6.45) is 2.81. The van der Waals surface area contributed by atoms with E-state index in [0.29, 0.717) is 21.7 Å². The van der Waals surface area contributed by atoms with Crippen molar-refractivity contribution >= 4 is 45.4 Å². The van der Waals surface area contributed by atoms with Gasteiger partial charge in [-0.05, 0) is 0 Å². The lowest BCUT2D eigenvalue weighted by atomic mass is 10.2. The summed E-state index contributed by atoms with van der Waals surface area (Å²) in [4.78, 5) is 23.8. The molecule has 3 heterocycles. The molecule has 3 rings (SSSR count). The molecule has 2 aromatic rings. The second-order valence-electron chi connectivity index (χ2n) is 2.89. The molecule has 0 saturated carbocycles. The lowest BCUT2D eigenvalue weighted by Crippen LogP contribution is -2.03. The molecule has 0 amide bonds. The normalized spacial score (nSPS) is 12.8. The third-order valence-electron chi connectivity index (χ3n) is 2.06. The summed E-state index contributed by atoms with van der Waals surface area (Å²) in [6.45, 7) is 0. The third-order valence-corrected chi connectivity index (χ3v) is 3.14. The maximum absolute atomic E-state index is 11.0. The lowest BCUT2D eigenvalue weighted by molar-refractivity contribution is 0.0703. The molecule has 74 valence electrons. The van der Waals surface area contributed by atoms with Crippen LogP contribution >= 0.6 is 11.3 Å². The lowest BCUT2D eigenvalue weighted by Gasteiger charge is -2.06. The number of aromatic carboxylic acids is 1. The van der Waals surface area contributed by atoms with E-state index in [-0.39, 0.29) is 4.88 Å². The molecule has 1 aliphatic heterocycles. The first-order chi connectivity index (χ1) is 7.27. The van der Waals surface area contributed by atoms with Crippen LogP contribution in [0.2, 0.25) is 0 Å². The number of hydrogen-bond acceptors (Lipinski definition) is 6. The van der Waals surface area contributed by atoms with E-state index in [1.165, 1.54) is 12.7 Å². The molecule has 0 spiro atoms. The van der Waals surface area contributed by atoms with Gasteiger partial charge in [0.2, 0.25) is 0 Å². The van der Waals surface area contributed by atoms with Gasteiger partial charge in [0.15, 0.2) is 5.82 Å². The van der Waals surface area contributed by atoms with Crippen LogP contribution in [0, 0.1) is 0 Å². The van der Waals surface area contributed by atoms with Gasteiger partial charge in [-0.25, -0.2) is 19.8 Å². The molecule has 0 saturated heterocycles. The molecule has 2 N–H and O–H groups in total. The van der Waals surface area contributed by atoms with Crippen LogP contribution < -0.4 is 5.32 Å². The Morgan fingerprint density at radius 2 is 2.33 bits per heavy atom. The fourth-order valence-corrected chi connectivity index (χ4v) is 2.40. The number of nitrogens with one attached hydrogen (secondary N) is 1. The highest BCUT2D eigenvalue weighted by atomic mass is 32.1. The van der Waals surface area contributed by atoms with Gasteiger partial charge in [0.1, 0.15) is 16.0 Å². The van der Waals surface area contributed by atoms with E-state index in [1.807, 2.05) is 0 Å². The zero-order chi connectivity index (χ0) is 10.4. The van der Waals surface area contributed by atoms with Crippen LogP contribution in [0.3, 0.4) is 0 Å². The molecular formula is C8H4N4O2S. The highest BCUT2D eigenvalue weighted by molar-refractivity contribution is 7.21. The summed E-state index contributed by atoms with van der Waals surface area (Å²) < 4.78 is 0. The molecular weight excluding hydrogens is 216 g/mol. The van der Waals surface area contributed by atoms with E-state index in [1.54, 1.807) is 0 Å². The Morgan fingerprint density at radius 3 is 3.13 bits per heavy atom. The molecule has 0 bridgehead atoms. The fraction of sp³-hybridized carbons (Fsp3) is 0. The second kappa shape index (κ2) is 2.74. The van der Waals surface area contributed by atoms with Crippen molar-refractivity contribution in [1.82, 2.24) is 9.97 Å². The third kappa shape index (κ3) is 1.03. The molecule has 0 fully saturated rings. The summed E-state index contributed by atoms with van der Waals surface area (Å²) >= 11 is 1.12. The quantitative estimate of drug-likeness (QED) is 0.759. The SMILES string of the molecule is O=C(O)c1sc2ncnc3c2c1NC=N3. The Kier molecular flexibility index (Phi) is 1.51. The van der Waals surface area contributed by atoms with Gasteiger partial charge in [-0.1, -0.05) is 0 Å². The Morgan fingerprint density at radius 1 is 1.47 bits per heavy atom. The van der Waals surface area contributed by atoms with E-state index in [2.05, 4.69) is 20.3 Å². The van der Waals surface area contributed by atoms with Crippen LogP contribution in [0.1, 0.15) is 9.67 Å². The smallest absolute Gasteiger partial charge is 0.348 e. The Hall–Kier alpha value is -2.02. The van der Waals surface area contributed by atoms with Crippen LogP contribution in [0.25, 0.3) is 10.2 Å². The number of thiophene rings is 1. The molecule has 0 atom stereocenters. The molecule has 2 aromatic heterocycles. The topological polar surface area (TPSA) is 87.5 Å². The number of aliphatic imine (C=N–C) groups is 1. The second-order valence-corrected chi connectivity index (χ2v) is 3.89. The summed E-state index contributed by atoms with van der Waals surface area (Å²) in [6, 6.07) is 0. The van der Waals surface area contributed by atoms with Crippen LogP contribution in [0.15, 0.2) is 11.3 Å². The van der Waals surface area contributed by atoms with Crippen LogP contribution in [0.5, 0.6) is 0 Å². The average molecular weight is 220 g/mol. The fourth-order valence-electron chi connectivity index (χ4n) is 1.46. The summed E-state index contributed by atoms with van der Waals surface area (Å²) in [5.41, 5.74) is 0.535. The van der Waals surface area contributed by atoms with Crippen molar-refractivity contribution in [2.75, 3.05) is 5.32 Å². The van der Waals surface area contributed by atoms with Gasteiger partial charge >= 0.3 is 5.97 Å². The van der Waals surface area contributed by atoms with E-state index < -0.39 is 5.97 Å². The molecule has 15 heavy (non-hydrogen) atoms. The van der Waals surface area contributed by atoms with Crippen LogP contribution in [-0.2, 0) is 0 Å². The molecule has 0 aliphatic carbocycles. The monoisotopic (exact) mass is 220 g/mol. The summed E-state index contributed by atoms with van der Waals surface area (Å²) in [5.74, 6) is -0.459. The van der Waals surface area contributed by atoms with Crippen molar-refractivity contribution in [3.8, 4) is 0 Å². The molecule has 1 aliphatic rings. The predicted molar refractivity (Wildman–Crippen MR) is 56.1 cm³/mol. The number of anilines is 1. The maximum Gasteiger partial charge on any atom is 0.348 e. The minimum absolute atomic E-state index is 0.234.